The van der Waals surface area contributed by atoms with E-state index >= 15 is 0 Å². The first kappa shape index (κ1) is 35.0. The SMILES string of the molecule is C=CCOC(=O)N1C[C@@H](SC(c2ccccc2)(c2ccccc2)c2ccccc2)C[C@@H]1C(CO[SiH](C)C)C1C[C@@H](C(C)(C)C)NC1=O. The van der Waals surface area contributed by atoms with Gasteiger partial charge in [0.25, 0.3) is 0 Å². The molecule has 6 nitrogen and oxygen atoms in total. The smallest absolute Gasteiger partial charge is 0.410 e. The molecule has 0 aromatic heterocycles. The number of thioether (sulfide) groups is 1. The summed E-state index contributed by atoms with van der Waals surface area (Å²) in [4.78, 5) is 29.4. The Bertz CT molecular complexity index is 1380. The Labute approximate surface area is 287 Å². The van der Waals surface area contributed by atoms with Gasteiger partial charge in [0, 0.05) is 42.3 Å². The summed E-state index contributed by atoms with van der Waals surface area (Å²) in [5.41, 5.74) is 3.47. The first-order chi connectivity index (χ1) is 22.5. The third-order valence-corrected chi connectivity index (χ3v) is 12.2. The van der Waals surface area contributed by atoms with Crippen molar-refractivity contribution < 1.29 is 18.8 Å². The standard InChI is InChI=1S/C39H50N2O4SSi/c1-7-23-44-37(43)41-26-31(24-34(41)33(27-45-47(5)6)32-25-35(38(2,3)4)40-36(32)42)46-39(28-17-11-8-12-18-28,29-19-13-9-14-20-29)30-21-15-10-16-22-30/h7-22,31-35,47H,1,23-27H2,2-6H3,(H,40,42)/t31-,32?,33?,34+,35-/m0/s1. The van der Waals surface area contributed by atoms with Crippen LogP contribution in [0, 0.1) is 17.3 Å². The maximum absolute atomic E-state index is 13.8. The Balaban J connectivity index is 1.57. The maximum Gasteiger partial charge on any atom is 0.410 e. The number of ether oxygens (including phenoxy) is 1. The minimum atomic E-state index is -1.40. The molecular formula is C39H50N2O4SSi. The van der Waals surface area contributed by atoms with Crippen molar-refractivity contribution in [2.45, 2.75) is 68.8 Å². The van der Waals surface area contributed by atoms with E-state index in [2.05, 4.69) is 137 Å². The molecule has 2 unspecified atom stereocenters. The molecule has 250 valence electrons. The van der Waals surface area contributed by atoms with Crippen molar-refractivity contribution >= 4 is 32.8 Å². The number of benzene rings is 3. The van der Waals surface area contributed by atoms with Crippen molar-refractivity contribution in [3.63, 3.8) is 0 Å². The molecule has 47 heavy (non-hydrogen) atoms. The Morgan fingerprint density at radius 1 is 0.957 bits per heavy atom. The second kappa shape index (κ2) is 15.3. The molecule has 2 heterocycles. The Hall–Kier alpha value is -3.33. The first-order valence-electron chi connectivity index (χ1n) is 16.8. The van der Waals surface area contributed by atoms with E-state index in [1.165, 1.54) is 16.7 Å². The van der Waals surface area contributed by atoms with E-state index in [0.29, 0.717) is 13.2 Å². The molecule has 2 aliphatic heterocycles. The van der Waals surface area contributed by atoms with E-state index in [1.807, 2.05) is 16.7 Å². The number of likely N-dealkylation sites (tertiary alicyclic amines) is 1. The van der Waals surface area contributed by atoms with Gasteiger partial charge in [-0.25, -0.2) is 4.79 Å². The molecule has 3 aromatic rings. The van der Waals surface area contributed by atoms with Crippen LogP contribution in [0.1, 0.15) is 50.3 Å². The third kappa shape index (κ3) is 7.87. The second-order valence-electron chi connectivity index (χ2n) is 14.2. The number of hydrogen-bond donors (Lipinski definition) is 1. The Morgan fingerprint density at radius 2 is 1.49 bits per heavy atom. The summed E-state index contributed by atoms with van der Waals surface area (Å²) >= 11 is 1.90. The van der Waals surface area contributed by atoms with Crippen LogP contribution in [0.25, 0.3) is 0 Å². The Kier molecular flexibility index (Phi) is 11.4. The molecular weight excluding hydrogens is 621 g/mol. The van der Waals surface area contributed by atoms with Gasteiger partial charge in [-0.15, -0.1) is 11.8 Å². The van der Waals surface area contributed by atoms with Crippen molar-refractivity contribution in [1.82, 2.24) is 10.2 Å². The predicted molar refractivity (Wildman–Crippen MR) is 195 cm³/mol. The maximum atomic E-state index is 13.8. The molecule has 0 saturated carbocycles. The molecule has 8 heteroatoms. The lowest BCUT2D eigenvalue weighted by Gasteiger charge is -2.37. The molecule has 0 aliphatic carbocycles. The monoisotopic (exact) mass is 670 g/mol. The zero-order valence-electron chi connectivity index (χ0n) is 28.4. The number of amides is 2. The zero-order chi connectivity index (χ0) is 33.6. The highest BCUT2D eigenvalue weighted by Crippen LogP contribution is 2.53. The molecule has 5 rings (SSSR count). The predicted octanol–water partition coefficient (Wildman–Crippen LogP) is 7.64. The van der Waals surface area contributed by atoms with Gasteiger partial charge in [-0.05, 0) is 48.0 Å². The Morgan fingerprint density at radius 3 is 1.94 bits per heavy atom. The quantitative estimate of drug-likeness (QED) is 0.122. The largest absolute Gasteiger partial charge is 0.445 e. The summed E-state index contributed by atoms with van der Waals surface area (Å²) in [6, 6.07) is 31.8. The summed E-state index contributed by atoms with van der Waals surface area (Å²) in [6.07, 6.45) is 2.69. The van der Waals surface area contributed by atoms with E-state index < -0.39 is 13.8 Å². The lowest BCUT2D eigenvalue weighted by atomic mass is 9.78. The highest BCUT2D eigenvalue weighted by molar-refractivity contribution is 8.01. The van der Waals surface area contributed by atoms with E-state index in [1.54, 1.807) is 6.08 Å². The van der Waals surface area contributed by atoms with Crippen molar-refractivity contribution in [3.05, 3.63) is 120 Å². The molecule has 2 amide bonds. The van der Waals surface area contributed by atoms with Gasteiger partial charge in [0.15, 0.2) is 9.04 Å². The molecule has 2 saturated heterocycles. The summed E-state index contributed by atoms with van der Waals surface area (Å²) < 4.78 is 11.6. The van der Waals surface area contributed by atoms with Crippen molar-refractivity contribution in [2.75, 3.05) is 19.8 Å². The second-order valence-corrected chi connectivity index (χ2v) is 18.1. The molecule has 0 spiro atoms. The van der Waals surface area contributed by atoms with Crippen LogP contribution in [0.5, 0.6) is 0 Å². The third-order valence-electron chi connectivity index (χ3n) is 9.57. The number of rotatable bonds is 12. The molecule has 3 aromatic carbocycles. The molecule has 0 radical (unpaired) electrons. The van der Waals surface area contributed by atoms with Crippen LogP contribution >= 0.6 is 11.8 Å². The van der Waals surface area contributed by atoms with Crippen molar-refractivity contribution in [1.29, 1.82) is 0 Å². The number of carbonyl (C=O) groups excluding carboxylic acids is 2. The van der Waals surface area contributed by atoms with Crippen LogP contribution in [0.2, 0.25) is 13.1 Å². The summed E-state index contributed by atoms with van der Waals surface area (Å²) in [6.45, 7) is 15.7. The molecule has 0 bridgehead atoms. The van der Waals surface area contributed by atoms with Gasteiger partial charge in [-0.1, -0.05) is 124 Å². The summed E-state index contributed by atoms with van der Waals surface area (Å²) in [5, 5.41) is 3.35. The fraction of sp³-hybridized carbons (Fsp3) is 0.436. The average Bonchev–Trinajstić information content (AvgIpc) is 3.67. The lowest BCUT2D eigenvalue weighted by molar-refractivity contribution is -0.125. The van der Waals surface area contributed by atoms with Crippen LogP contribution in [0.4, 0.5) is 4.79 Å². The van der Waals surface area contributed by atoms with Crippen LogP contribution in [-0.4, -0.2) is 63.0 Å². The topological polar surface area (TPSA) is 67.9 Å². The number of carbonyl (C=O) groups is 2. The molecule has 2 fully saturated rings. The first-order valence-corrected chi connectivity index (χ1v) is 20.5. The lowest BCUT2D eigenvalue weighted by Crippen LogP contribution is -2.46. The highest BCUT2D eigenvalue weighted by atomic mass is 32.2. The normalized spacial score (nSPS) is 22.3. The van der Waals surface area contributed by atoms with Crippen molar-refractivity contribution in [2.24, 2.45) is 17.3 Å². The van der Waals surface area contributed by atoms with E-state index in [4.69, 9.17) is 9.16 Å². The fourth-order valence-electron chi connectivity index (χ4n) is 7.15. The van der Waals surface area contributed by atoms with E-state index in [9.17, 15) is 9.59 Å². The number of nitrogens with zero attached hydrogens (tertiary/aromatic N) is 1. The van der Waals surface area contributed by atoms with E-state index in [0.717, 1.165) is 12.8 Å². The zero-order valence-corrected chi connectivity index (χ0v) is 30.4. The fourth-order valence-corrected chi connectivity index (χ4v) is 9.60. The average molecular weight is 671 g/mol. The van der Waals surface area contributed by atoms with Gasteiger partial charge < -0.3 is 19.4 Å². The minimum Gasteiger partial charge on any atom is -0.445 e. The van der Waals surface area contributed by atoms with E-state index in [-0.39, 0.29) is 53.2 Å². The summed E-state index contributed by atoms with van der Waals surface area (Å²) in [7, 11) is -1.40. The van der Waals surface area contributed by atoms with Gasteiger partial charge in [-0.2, -0.15) is 0 Å². The highest BCUT2D eigenvalue weighted by Gasteiger charge is 2.51. The van der Waals surface area contributed by atoms with Crippen LogP contribution in [-0.2, 0) is 18.7 Å². The number of hydrogen-bond acceptors (Lipinski definition) is 5. The van der Waals surface area contributed by atoms with Gasteiger partial charge in [0.1, 0.15) is 6.61 Å². The summed E-state index contributed by atoms with van der Waals surface area (Å²) in [5.74, 6) is -0.345. The van der Waals surface area contributed by atoms with Gasteiger partial charge in [0.05, 0.1) is 4.75 Å². The molecule has 1 N–H and O–H groups in total. The number of nitrogens with one attached hydrogen (secondary N) is 1. The van der Waals surface area contributed by atoms with Crippen LogP contribution in [0.15, 0.2) is 104 Å². The van der Waals surface area contributed by atoms with Gasteiger partial charge in [0.2, 0.25) is 5.91 Å². The molecule has 5 atom stereocenters. The minimum absolute atomic E-state index is 0.0542. The van der Waals surface area contributed by atoms with Crippen LogP contribution in [0.3, 0.4) is 0 Å². The van der Waals surface area contributed by atoms with Crippen LogP contribution < -0.4 is 5.32 Å². The van der Waals surface area contributed by atoms with Crippen molar-refractivity contribution in [3.8, 4) is 0 Å². The van der Waals surface area contributed by atoms with Gasteiger partial charge in [-0.3, -0.25) is 4.79 Å². The van der Waals surface area contributed by atoms with Gasteiger partial charge >= 0.3 is 6.09 Å². The molecule has 2 aliphatic rings.